The Hall–Kier alpha value is -3.34. The number of rotatable bonds is 12. The van der Waals surface area contributed by atoms with E-state index in [1.807, 2.05) is 0 Å². The molecule has 2 aliphatic rings. The summed E-state index contributed by atoms with van der Waals surface area (Å²) in [4.78, 5) is 46.3. The van der Waals surface area contributed by atoms with E-state index in [2.05, 4.69) is 39.4 Å². The molecule has 178 valence electrons. The molecular weight excluding hydrogens is 474 g/mol. The molecule has 9 N–H and O–H groups in total. The van der Waals surface area contributed by atoms with Gasteiger partial charge in [-0.1, -0.05) is 17.8 Å². The lowest BCUT2D eigenvalue weighted by Gasteiger charge is -2.50. The lowest BCUT2D eigenvalue weighted by Crippen LogP contribution is -2.71. The third-order valence-electron chi connectivity index (χ3n) is 4.22. The number of thioether (sulfide) groups is 2. The highest BCUT2D eigenvalue weighted by Gasteiger charge is 2.53. The number of aliphatic imine (C=N–C) groups is 1. The van der Waals surface area contributed by atoms with Crippen molar-refractivity contribution < 1.29 is 24.3 Å². The molecule has 0 aliphatic carbocycles. The second kappa shape index (κ2) is 12.0. The van der Waals surface area contributed by atoms with Crippen LogP contribution in [0, 0.1) is 0 Å². The van der Waals surface area contributed by atoms with Crippen LogP contribution in [0.2, 0.25) is 0 Å². The number of amidine groups is 1. The molecule has 16 heteroatoms. The second-order valence-corrected chi connectivity index (χ2v) is 8.17. The maximum absolute atomic E-state index is 12.9. The standard InChI is InChI=1S/C17H23N9O5S2/c1-3-8-5-33-17-12(16(30)26(17)13(8)14(19)23-25-20)22-15(29)11(24-31-4-10(27)28)9(21-2)6-32-7-18/h3,6,12,17,25H,1-2,4-5,7,18,20H2,(H2,19,23)(H,22,29)(H,27,28)/b9-6-,24-11-/t12-,17-/m1/s1. The molecule has 1 fully saturated rings. The van der Waals surface area contributed by atoms with Crippen molar-refractivity contribution in [2.45, 2.75) is 11.4 Å². The van der Waals surface area contributed by atoms with Gasteiger partial charge in [0, 0.05) is 17.0 Å². The Balaban J connectivity index is 2.27. The molecule has 33 heavy (non-hydrogen) atoms. The molecule has 0 aromatic carbocycles. The van der Waals surface area contributed by atoms with Gasteiger partial charge in [0.1, 0.15) is 17.1 Å². The number of hydrogen-bond acceptors (Lipinski definition) is 12. The fourth-order valence-electron chi connectivity index (χ4n) is 2.83. The van der Waals surface area contributed by atoms with Crippen molar-refractivity contribution in [1.82, 2.24) is 15.8 Å². The Morgan fingerprint density at radius 3 is 2.76 bits per heavy atom. The summed E-state index contributed by atoms with van der Waals surface area (Å²) < 4.78 is 0. The van der Waals surface area contributed by atoms with Crippen molar-refractivity contribution >= 4 is 59.6 Å². The van der Waals surface area contributed by atoms with Gasteiger partial charge in [-0.2, -0.15) is 0 Å². The number of carbonyl (C=O) groups is 3. The van der Waals surface area contributed by atoms with Crippen LogP contribution >= 0.6 is 23.5 Å². The zero-order chi connectivity index (χ0) is 24.5. The highest BCUT2D eigenvalue weighted by Crippen LogP contribution is 2.40. The van der Waals surface area contributed by atoms with Crippen molar-refractivity contribution in [2.24, 2.45) is 32.6 Å². The number of hydrazone groups is 1. The van der Waals surface area contributed by atoms with Crippen molar-refractivity contribution in [3.8, 4) is 0 Å². The van der Waals surface area contributed by atoms with E-state index < -0.39 is 35.8 Å². The van der Waals surface area contributed by atoms with Gasteiger partial charge in [0.25, 0.3) is 11.8 Å². The average molecular weight is 498 g/mol. The predicted octanol–water partition coefficient (Wildman–Crippen LogP) is -1.79. The summed E-state index contributed by atoms with van der Waals surface area (Å²) in [5.74, 6) is 3.25. The molecule has 2 aliphatic heterocycles. The Labute approximate surface area is 197 Å². The summed E-state index contributed by atoms with van der Waals surface area (Å²) in [6, 6.07) is -0.930. The third kappa shape index (κ3) is 5.92. The molecule has 1 saturated heterocycles. The third-order valence-corrected chi connectivity index (χ3v) is 6.11. The fraction of sp³-hybridized carbons (Fsp3) is 0.294. The monoisotopic (exact) mass is 497 g/mol. The number of carbonyl (C=O) groups excluding carboxylic acids is 2. The highest BCUT2D eigenvalue weighted by atomic mass is 32.2. The SMILES string of the molecule is C=CC1=C(/C(N)=N/NN)N2C(=O)[C@@H](NC(=O)C(=N\OCC(=O)O)/C(=C/SCN)N=C)[C@H]2SC1. The van der Waals surface area contributed by atoms with E-state index in [9.17, 15) is 14.4 Å². The van der Waals surface area contributed by atoms with E-state index in [4.69, 9.17) is 27.3 Å². The number of amides is 2. The first-order valence-corrected chi connectivity index (χ1v) is 11.2. The molecule has 0 unspecified atom stereocenters. The number of β-lactam (4-membered cyclic amide) rings is 1. The van der Waals surface area contributed by atoms with Gasteiger partial charge in [-0.3, -0.25) is 19.5 Å². The van der Waals surface area contributed by atoms with E-state index in [0.29, 0.717) is 17.0 Å². The minimum absolute atomic E-state index is 0.00630. The fourth-order valence-corrected chi connectivity index (χ4v) is 4.61. The topological polar surface area (TPSA) is 223 Å². The molecule has 0 bridgehead atoms. The molecular formula is C17H23N9O5S2. The normalized spacial score (nSPS) is 21.1. The lowest BCUT2D eigenvalue weighted by molar-refractivity contribution is -0.144. The predicted molar refractivity (Wildman–Crippen MR) is 126 cm³/mol. The van der Waals surface area contributed by atoms with Crippen LogP contribution in [0.5, 0.6) is 0 Å². The molecule has 2 heterocycles. The number of fused-ring (bicyclic) bond motifs is 1. The molecule has 2 amide bonds. The number of aliphatic carboxylic acids is 1. The first-order valence-electron chi connectivity index (χ1n) is 9.11. The summed E-state index contributed by atoms with van der Waals surface area (Å²) in [6.45, 7) is 6.31. The Morgan fingerprint density at radius 1 is 1.45 bits per heavy atom. The maximum Gasteiger partial charge on any atom is 0.344 e. The van der Waals surface area contributed by atoms with Crippen LogP contribution < -0.4 is 28.2 Å². The van der Waals surface area contributed by atoms with Gasteiger partial charge in [-0.05, 0) is 12.3 Å². The number of oxime groups is 1. The van der Waals surface area contributed by atoms with Gasteiger partial charge in [0.15, 0.2) is 11.5 Å². The van der Waals surface area contributed by atoms with Crippen LogP contribution in [0.4, 0.5) is 0 Å². The molecule has 0 aromatic heterocycles. The van der Waals surface area contributed by atoms with Crippen molar-refractivity contribution in [1.29, 1.82) is 0 Å². The smallest absolute Gasteiger partial charge is 0.344 e. The molecule has 0 radical (unpaired) electrons. The van der Waals surface area contributed by atoms with E-state index in [0.717, 1.165) is 11.8 Å². The molecule has 0 spiro atoms. The minimum Gasteiger partial charge on any atom is -0.479 e. The van der Waals surface area contributed by atoms with E-state index in [1.165, 1.54) is 22.1 Å². The van der Waals surface area contributed by atoms with Crippen LogP contribution in [0.25, 0.3) is 0 Å². The van der Waals surface area contributed by atoms with Crippen LogP contribution in [0.1, 0.15) is 0 Å². The van der Waals surface area contributed by atoms with Gasteiger partial charge in [0.05, 0.1) is 5.70 Å². The first kappa shape index (κ1) is 25.9. The Kier molecular flexibility index (Phi) is 9.46. The van der Waals surface area contributed by atoms with Crippen LogP contribution in [-0.2, 0) is 19.2 Å². The van der Waals surface area contributed by atoms with Gasteiger partial charge in [-0.15, -0.1) is 28.6 Å². The number of nitrogens with two attached hydrogens (primary N) is 3. The summed E-state index contributed by atoms with van der Waals surface area (Å²) in [7, 11) is 0. The first-order chi connectivity index (χ1) is 15.8. The van der Waals surface area contributed by atoms with E-state index >= 15 is 0 Å². The van der Waals surface area contributed by atoms with E-state index in [1.54, 1.807) is 6.08 Å². The van der Waals surface area contributed by atoms with Crippen molar-refractivity contribution in [3.05, 3.63) is 35.0 Å². The van der Waals surface area contributed by atoms with Crippen molar-refractivity contribution in [3.63, 3.8) is 0 Å². The van der Waals surface area contributed by atoms with Gasteiger partial charge < -0.3 is 26.7 Å². The molecule has 0 aromatic rings. The molecule has 0 saturated carbocycles. The quantitative estimate of drug-likeness (QED) is 0.0441. The molecule has 14 nitrogen and oxygen atoms in total. The zero-order valence-electron chi connectivity index (χ0n) is 17.3. The van der Waals surface area contributed by atoms with Gasteiger partial charge in [-0.25, -0.2) is 16.2 Å². The number of carboxylic acids is 1. The Bertz CT molecular complexity index is 963. The van der Waals surface area contributed by atoms with Crippen LogP contribution in [-0.4, -0.2) is 75.7 Å². The van der Waals surface area contributed by atoms with Gasteiger partial charge >= 0.3 is 5.97 Å². The second-order valence-electron chi connectivity index (χ2n) is 6.17. The summed E-state index contributed by atoms with van der Waals surface area (Å²) >= 11 is 2.49. The number of nitrogens with one attached hydrogen (secondary N) is 2. The Morgan fingerprint density at radius 2 is 2.18 bits per heavy atom. The van der Waals surface area contributed by atoms with E-state index in [-0.39, 0.29) is 23.1 Å². The number of hydrazine groups is 1. The summed E-state index contributed by atoms with van der Waals surface area (Å²) in [6.07, 6.45) is 1.56. The number of allylic oxidation sites excluding steroid dienone is 1. The van der Waals surface area contributed by atoms with Gasteiger partial charge in [0.2, 0.25) is 6.61 Å². The highest BCUT2D eigenvalue weighted by molar-refractivity contribution is 8.02. The van der Waals surface area contributed by atoms with Crippen molar-refractivity contribution in [2.75, 3.05) is 18.2 Å². The minimum atomic E-state index is -1.29. The number of hydrogen-bond donors (Lipinski definition) is 6. The maximum atomic E-state index is 12.9. The van der Waals surface area contributed by atoms with Crippen LogP contribution in [0.15, 0.2) is 50.3 Å². The molecule has 2 rings (SSSR count). The number of nitrogens with zero attached hydrogens (tertiary/aromatic N) is 4. The van der Waals surface area contributed by atoms with Crippen LogP contribution in [0.3, 0.4) is 0 Å². The largest absolute Gasteiger partial charge is 0.479 e. The zero-order valence-corrected chi connectivity index (χ0v) is 18.9. The number of carboxylic acid groups (broad SMARTS) is 1. The lowest BCUT2D eigenvalue weighted by atomic mass is 10.0. The summed E-state index contributed by atoms with van der Waals surface area (Å²) in [5, 5.41) is 19.5. The molecule has 2 atom stereocenters. The summed E-state index contributed by atoms with van der Waals surface area (Å²) in [5.41, 5.74) is 14.1. The average Bonchev–Trinajstić information content (AvgIpc) is 2.80.